The molecule has 0 spiro atoms. The summed E-state index contributed by atoms with van der Waals surface area (Å²) in [5, 5.41) is 9.75. The van der Waals surface area contributed by atoms with Gasteiger partial charge in [0.15, 0.2) is 0 Å². The maximum absolute atomic E-state index is 9.75. The van der Waals surface area contributed by atoms with E-state index >= 15 is 0 Å². The Kier molecular flexibility index (Phi) is 2.66. The predicted molar refractivity (Wildman–Crippen MR) is 46.9 cm³/mol. The average Bonchev–Trinajstić information content (AvgIpc) is 2.57. The molecule has 0 amide bonds. The zero-order valence-electron chi connectivity index (χ0n) is 7.54. The van der Waals surface area contributed by atoms with E-state index in [-0.39, 0.29) is 6.10 Å². The van der Waals surface area contributed by atoms with Gasteiger partial charge in [-0.1, -0.05) is 25.7 Å². The summed E-state index contributed by atoms with van der Waals surface area (Å²) in [6.07, 6.45) is 6.10. The van der Waals surface area contributed by atoms with E-state index in [1.54, 1.807) is 0 Å². The van der Waals surface area contributed by atoms with Gasteiger partial charge in [-0.3, -0.25) is 0 Å². The number of hydrogen-bond donors (Lipinski definition) is 1. The molecule has 70 valence electrons. The number of ether oxygens (including phenoxy) is 1. The lowest BCUT2D eigenvalue weighted by atomic mass is 9.84. The van der Waals surface area contributed by atoms with Crippen LogP contribution in [0.25, 0.3) is 0 Å². The van der Waals surface area contributed by atoms with Gasteiger partial charge in [-0.2, -0.15) is 0 Å². The van der Waals surface area contributed by atoms with Gasteiger partial charge in [-0.05, 0) is 12.3 Å². The van der Waals surface area contributed by atoms with Crippen molar-refractivity contribution in [3.63, 3.8) is 0 Å². The van der Waals surface area contributed by atoms with Crippen molar-refractivity contribution in [2.75, 3.05) is 13.2 Å². The SMILES string of the molecule is OC1CCOCC1C1CCCC1. The quantitative estimate of drug-likeness (QED) is 0.647. The number of aliphatic hydroxyl groups excluding tert-OH is 1. The van der Waals surface area contributed by atoms with Crippen molar-refractivity contribution < 1.29 is 9.84 Å². The first kappa shape index (κ1) is 8.52. The predicted octanol–water partition coefficient (Wildman–Crippen LogP) is 1.57. The minimum Gasteiger partial charge on any atom is -0.393 e. The largest absolute Gasteiger partial charge is 0.393 e. The van der Waals surface area contributed by atoms with Gasteiger partial charge in [-0.15, -0.1) is 0 Å². The van der Waals surface area contributed by atoms with Crippen LogP contribution in [-0.2, 0) is 4.74 Å². The molecule has 1 aliphatic heterocycles. The van der Waals surface area contributed by atoms with E-state index in [0.29, 0.717) is 5.92 Å². The zero-order valence-corrected chi connectivity index (χ0v) is 7.54. The summed E-state index contributed by atoms with van der Waals surface area (Å²) >= 11 is 0. The highest BCUT2D eigenvalue weighted by molar-refractivity contribution is 4.82. The Morgan fingerprint density at radius 2 is 1.83 bits per heavy atom. The molecule has 0 aromatic heterocycles. The minimum atomic E-state index is -0.0816. The maximum Gasteiger partial charge on any atom is 0.0615 e. The highest BCUT2D eigenvalue weighted by Crippen LogP contribution is 2.35. The Labute approximate surface area is 73.9 Å². The van der Waals surface area contributed by atoms with Crippen molar-refractivity contribution >= 4 is 0 Å². The van der Waals surface area contributed by atoms with Crippen LogP contribution in [-0.4, -0.2) is 24.4 Å². The molecule has 2 atom stereocenters. The molecule has 1 N–H and O–H groups in total. The van der Waals surface area contributed by atoms with E-state index in [0.717, 1.165) is 25.6 Å². The third-order valence-electron chi connectivity index (χ3n) is 3.37. The molecule has 0 aromatic rings. The van der Waals surface area contributed by atoms with Crippen LogP contribution >= 0.6 is 0 Å². The summed E-state index contributed by atoms with van der Waals surface area (Å²) in [5.74, 6) is 1.20. The van der Waals surface area contributed by atoms with Crippen molar-refractivity contribution in [3.05, 3.63) is 0 Å². The van der Waals surface area contributed by atoms with E-state index in [1.807, 2.05) is 0 Å². The molecule has 1 heterocycles. The first-order valence-corrected chi connectivity index (χ1v) is 5.14. The lowest BCUT2D eigenvalue weighted by Gasteiger charge is -2.32. The van der Waals surface area contributed by atoms with Gasteiger partial charge in [0.1, 0.15) is 0 Å². The molecule has 1 saturated heterocycles. The second kappa shape index (κ2) is 3.75. The molecule has 2 unspecified atom stereocenters. The molecule has 2 heteroatoms. The number of rotatable bonds is 1. The van der Waals surface area contributed by atoms with Crippen LogP contribution in [0.15, 0.2) is 0 Å². The number of hydrogen-bond acceptors (Lipinski definition) is 2. The Bertz CT molecular complexity index is 141. The van der Waals surface area contributed by atoms with Gasteiger partial charge in [0.25, 0.3) is 0 Å². The van der Waals surface area contributed by atoms with E-state index in [9.17, 15) is 5.11 Å². The first-order chi connectivity index (χ1) is 5.88. The molecule has 2 rings (SSSR count). The standard InChI is InChI=1S/C10H18O2/c11-10-5-6-12-7-9(10)8-3-1-2-4-8/h8-11H,1-7H2. The zero-order chi connectivity index (χ0) is 8.39. The van der Waals surface area contributed by atoms with Gasteiger partial charge in [0.2, 0.25) is 0 Å². The molecule has 2 fully saturated rings. The fraction of sp³-hybridized carbons (Fsp3) is 1.00. The highest BCUT2D eigenvalue weighted by atomic mass is 16.5. The fourth-order valence-corrected chi connectivity index (χ4v) is 2.58. The Morgan fingerprint density at radius 3 is 2.50 bits per heavy atom. The lowest BCUT2D eigenvalue weighted by Crippen LogP contribution is -2.36. The van der Waals surface area contributed by atoms with Gasteiger partial charge in [0.05, 0.1) is 12.7 Å². The monoisotopic (exact) mass is 170 g/mol. The van der Waals surface area contributed by atoms with Crippen molar-refractivity contribution in [2.24, 2.45) is 11.8 Å². The van der Waals surface area contributed by atoms with Crippen molar-refractivity contribution in [3.8, 4) is 0 Å². The van der Waals surface area contributed by atoms with E-state index in [2.05, 4.69) is 0 Å². The molecule has 1 saturated carbocycles. The van der Waals surface area contributed by atoms with E-state index < -0.39 is 0 Å². The molecule has 0 bridgehead atoms. The van der Waals surface area contributed by atoms with Crippen LogP contribution in [0.1, 0.15) is 32.1 Å². The molecule has 2 aliphatic rings. The van der Waals surface area contributed by atoms with Crippen LogP contribution in [0.4, 0.5) is 0 Å². The number of aliphatic hydroxyl groups is 1. The highest BCUT2D eigenvalue weighted by Gasteiger charge is 2.32. The minimum absolute atomic E-state index is 0.0816. The first-order valence-electron chi connectivity index (χ1n) is 5.14. The van der Waals surface area contributed by atoms with Gasteiger partial charge in [0, 0.05) is 12.5 Å². The summed E-state index contributed by atoms with van der Waals surface area (Å²) in [6, 6.07) is 0. The molecule has 2 nitrogen and oxygen atoms in total. The van der Waals surface area contributed by atoms with Crippen LogP contribution in [0.3, 0.4) is 0 Å². The summed E-state index contributed by atoms with van der Waals surface area (Å²) in [5.41, 5.74) is 0. The lowest BCUT2D eigenvalue weighted by molar-refractivity contribution is -0.0565. The van der Waals surface area contributed by atoms with E-state index in [1.165, 1.54) is 25.7 Å². The maximum atomic E-state index is 9.75. The topological polar surface area (TPSA) is 29.5 Å². The van der Waals surface area contributed by atoms with Crippen LogP contribution < -0.4 is 0 Å². The van der Waals surface area contributed by atoms with Crippen molar-refractivity contribution in [1.29, 1.82) is 0 Å². The van der Waals surface area contributed by atoms with Gasteiger partial charge in [-0.25, -0.2) is 0 Å². The summed E-state index contributed by atoms with van der Waals surface area (Å²) < 4.78 is 5.40. The summed E-state index contributed by atoms with van der Waals surface area (Å²) in [4.78, 5) is 0. The molecule has 0 aromatic carbocycles. The smallest absolute Gasteiger partial charge is 0.0615 e. The normalized spacial score (nSPS) is 38.8. The van der Waals surface area contributed by atoms with E-state index in [4.69, 9.17) is 4.74 Å². The van der Waals surface area contributed by atoms with Crippen molar-refractivity contribution in [1.82, 2.24) is 0 Å². The van der Waals surface area contributed by atoms with Crippen LogP contribution in [0.2, 0.25) is 0 Å². The fourth-order valence-electron chi connectivity index (χ4n) is 2.58. The second-order valence-electron chi connectivity index (χ2n) is 4.14. The molecular formula is C10H18O2. The molecule has 12 heavy (non-hydrogen) atoms. The third kappa shape index (κ3) is 1.64. The molecule has 0 radical (unpaired) electrons. The average molecular weight is 170 g/mol. The van der Waals surface area contributed by atoms with Crippen LogP contribution in [0.5, 0.6) is 0 Å². The second-order valence-corrected chi connectivity index (χ2v) is 4.14. The van der Waals surface area contributed by atoms with Gasteiger partial charge < -0.3 is 9.84 Å². The molecular weight excluding hydrogens is 152 g/mol. The third-order valence-corrected chi connectivity index (χ3v) is 3.37. The summed E-state index contributed by atoms with van der Waals surface area (Å²) in [7, 11) is 0. The Hall–Kier alpha value is -0.0800. The Balaban J connectivity index is 1.91. The van der Waals surface area contributed by atoms with Gasteiger partial charge >= 0.3 is 0 Å². The van der Waals surface area contributed by atoms with Crippen LogP contribution in [0, 0.1) is 11.8 Å². The van der Waals surface area contributed by atoms with Crippen molar-refractivity contribution in [2.45, 2.75) is 38.2 Å². The Morgan fingerprint density at radius 1 is 1.08 bits per heavy atom. The summed E-state index contributed by atoms with van der Waals surface area (Å²) in [6.45, 7) is 1.55. The molecule has 1 aliphatic carbocycles.